The molecule has 2 N–H and O–H groups in total. The molecule has 3 aromatic rings. The summed E-state index contributed by atoms with van der Waals surface area (Å²) in [7, 11) is 1.92. The largest absolute Gasteiger partial charge is 0.391 e. The van der Waals surface area contributed by atoms with Crippen LogP contribution in [0.1, 0.15) is 28.9 Å². The lowest BCUT2D eigenvalue weighted by Gasteiger charge is -2.32. The second-order valence-electron chi connectivity index (χ2n) is 9.45. The van der Waals surface area contributed by atoms with Gasteiger partial charge < -0.3 is 20.2 Å². The molecule has 2 aliphatic rings. The first-order valence-electron chi connectivity index (χ1n) is 12.3. The number of nitrogens with one attached hydrogen (secondary N) is 1. The smallest absolute Gasteiger partial charge is 0.264 e. The maximum atomic E-state index is 14.5. The van der Waals surface area contributed by atoms with Crippen LogP contribution in [0, 0.1) is 12.4 Å². The summed E-state index contributed by atoms with van der Waals surface area (Å²) in [6.45, 7) is 10.00. The zero-order chi connectivity index (χ0) is 25.2. The molecule has 8 heteroatoms. The summed E-state index contributed by atoms with van der Waals surface area (Å²) in [6.07, 6.45) is 2.47. The number of anilines is 1. The number of β-amino-alcohol motifs (C(OH)–C–C–N with tert-alkyl or cyclic N) is 1. The number of benzene rings is 2. The molecular formula is C28H29FN4O2S. The summed E-state index contributed by atoms with van der Waals surface area (Å²) in [5, 5.41) is 13.2. The predicted octanol–water partition coefficient (Wildman–Crippen LogP) is 5.17. The van der Waals surface area contributed by atoms with E-state index in [1.54, 1.807) is 6.07 Å². The molecule has 0 saturated carbocycles. The fourth-order valence-corrected chi connectivity index (χ4v) is 6.20. The van der Waals surface area contributed by atoms with E-state index in [2.05, 4.69) is 15.1 Å². The van der Waals surface area contributed by atoms with Crippen molar-refractivity contribution in [3.63, 3.8) is 0 Å². The third kappa shape index (κ3) is 4.87. The highest BCUT2D eigenvalue weighted by molar-refractivity contribution is 7.18. The Bertz CT molecular complexity index is 1300. The molecule has 2 atom stereocenters. The first-order valence-corrected chi connectivity index (χ1v) is 13.1. The Labute approximate surface area is 214 Å². The van der Waals surface area contributed by atoms with Crippen molar-refractivity contribution in [3.05, 3.63) is 70.6 Å². The maximum Gasteiger partial charge on any atom is 0.264 e. The fraction of sp³-hybridized carbons (Fsp3) is 0.357. The molecule has 5 rings (SSSR count). The van der Waals surface area contributed by atoms with Gasteiger partial charge in [0.05, 0.1) is 17.6 Å². The number of aliphatic hydroxyl groups excluding tert-OH is 1. The minimum atomic E-state index is -0.566. The Morgan fingerprint density at radius 3 is 2.56 bits per heavy atom. The molecule has 2 saturated heterocycles. The molecule has 186 valence electrons. The Balaban J connectivity index is 1.52. The van der Waals surface area contributed by atoms with Crippen molar-refractivity contribution in [2.45, 2.75) is 31.4 Å². The van der Waals surface area contributed by atoms with Crippen molar-refractivity contribution < 1.29 is 14.3 Å². The van der Waals surface area contributed by atoms with Crippen LogP contribution in [0.2, 0.25) is 0 Å². The molecule has 0 spiro atoms. The molecule has 1 amide bonds. The van der Waals surface area contributed by atoms with Crippen LogP contribution < -0.4 is 10.2 Å². The van der Waals surface area contributed by atoms with Gasteiger partial charge in [-0.25, -0.2) is 9.24 Å². The minimum Gasteiger partial charge on any atom is -0.391 e. The summed E-state index contributed by atoms with van der Waals surface area (Å²) in [6, 6.07) is 14.9. The zero-order valence-corrected chi connectivity index (χ0v) is 21.0. The van der Waals surface area contributed by atoms with Gasteiger partial charge in [0, 0.05) is 48.3 Å². The van der Waals surface area contributed by atoms with Crippen LogP contribution in [-0.4, -0.2) is 61.3 Å². The first kappa shape index (κ1) is 24.4. The van der Waals surface area contributed by atoms with Gasteiger partial charge in [-0.1, -0.05) is 24.3 Å². The number of thiophene rings is 1. The molecule has 1 aromatic heterocycles. The van der Waals surface area contributed by atoms with Gasteiger partial charge in [0.1, 0.15) is 5.82 Å². The van der Waals surface area contributed by atoms with Gasteiger partial charge in [-0.15, -0.1) is 11.3 Å². The number of amides is 1. The average Bonchev–Trinajstić information content (AvgIpc) is 3.55. The topological polar surface area (TPSA) is 60.2 Å². The quantitative estimate of drug-likeness (QED) is 0.471. The van der Waals surface area contributed by atoms with Crippen LogP contribution in [0.4, 0.5) is 15.8 Å². The van der Waals surface area contributed by atoms with E-state index in [-0.39, 0.29) is 23.7 Å². The molecule has 0 radical (unpaired) electrons. The molecule has 0 unspecified atom stereocenters. The van der Waals surface area contributed by atoms with Crippen molar-refractivity contribution >= 4 is 28.6 Å². The van der Waals surface area contributed by atoms with Gasteiger partial charge in [-0.2, -0.15) is 0 Å². The Hall–Kier alpha value is -3.25. The van der Waals surface area contributed by atoms with E-state index in [1.165, 1.54) is 23.5 Å². The number of carbonyl (C=O) groups excluding carboxylic acids is 1. The van der Waals surface area contributed by atoms with Crippen molar-refractivity contribution in [1.29, 1.82) is 0 Å². The van der Waals surface area contributed by atoms with Crippen LogP contribution in [-0.2, 0) is 0 Å². The molecule has 2 aromatic carbocycles. The highest BCUT2D eigenvalue weighted by Crippen LogP contribution is 2.41. The molecule has 0 aliphatic carbocycles. The molecule has 3 heterocycles. The number of nitrogens with zero attached hydrogens (tertiary/aromatic N) is 3. The third-order valence-electron chi connectivity index (χ3n) is 7.10. The lowest BCUT2D eigenvalue weighted by atomic mass is 10.0. The van der Waals surface area contributed by atoms with Crippen LogP contribution in [0.5, 0.6) is 0 Å². The first-order chi connectivity index (χ1) is 17.5. The number of likely N-dealkylation sites (N-methyl/N-ethyl adjacent to an activating group) is 1. The van der Waals surface area contributed by atoms with Crippen molar-refractivity contribution in [1.82, 2.24) is 10.2 Å². The molecule has 2 aliphatic heterocycles. The fourth-order valence-electron chi connectivity index (χ4n) is 5.04. The number of likely N-dealkylation sites (tertiary alicyclic amines) is 1. The number of hydrogen-bond acceptors (Lipinski definition) is 5. The number of piperidine rings is 1. The van der Waals surface area contributed by atoms with Gasteiger partial charge in [-0.05, 0) is 61.7 Å². The van der Waals surface area contributed by atoms with Gasteiger partial charge in [0.2, 0.25) is 5.69 Å². The van der Waals surface area contributed by atoms with E-state index in [4.69, 9.17) is 6.57 Å². The van der Waals surface area contributed by atoms with Gasteiger partial charge in [-0.3, -0.25) is 4.79 Å². The summed E-state index contributed by atoms with van der Waals surface area (Å²) < 4.78 is 14.5. The molecule has 36 heavy (non-hydrogen) atoms. The molecular weight excluding hydrogens is 475 g/mol. The summed E-state index contributed by atoms with van der Waals surface area (Å²) in [4.78, 5) is 22.3. The summed E-state index contributed by atoms with van der Waals surface area (Å²) in [5.41, 5.74) is 3.40. The second-order valence-corrected chi connectivity index (χ2v) is 10.5. The monoisotopic (exact) mass is 504 g/mol. The Kier molecular flexibility index (Phi) is 7.06. The van der Waals surface area contributed by atoms with Crippen molar-refractivity contribution in [2.24, 2.45) is 0 Å². The third-order valence-corrected chi connectivity index (χ3v) is 8.27. The van der Waals surface area contributed by atoms with E-state index in [1.807, 2.05) is 42.3 Å². The molecule has 2 fully saturated rings. The predicted molar refractivity (Wildman–Crippen MR) is 142 cm³/mol. The van der Waals surface area contributed by atoms with E-state index in [9.17, 15) is 14.3 Å². The van der Waals surface area contributed by atoms with Gasteiger partial charge in [0.15, 0.2) is 0 Å². The van der Waals surface area contributed by atoms with Crippen LogP contribution >= 0.6 is 11.3 Å². The van der Waals surface area contributed by atoms with Crippen LogP contribution in [0.25, 0.3) is 26.4 Å². The van der Waals surface area contributed by atoms with Gasteiger partial charge in [0.25, 0.3) is 5.91 Å². The Morgan fingerprint density at radius 1 is 1.11 bits per heavy atom. The Morgan fingerprint density at radius 2 is 1.89 bits per heavy atom. The zero-order valence-electron chi connectivity index (χ0n) is 20.2. The van der Waals surface area contributed by atoms with Crippen molar-refractivity contribution in [2.75, 3.05) is 38.1 Å². The SMILES string of the molecule is [C-]#[N+]c1ccc(-c2cc(C(=O)N3CCC[C@@H](NC)C3)sc2-c2ccc(N3CC[C@H](O)C3)cc2)cc1F. The number of rotatable bonds is 5. The number of carbonyl (C=O) groups is 1. The number of aliphatic hydroxyl groups is 1. The summed E-state index contributed by atoms with van der Waals surface area (Å²) in [5.74, 6) is -0.572. The molecule has 0 bridgehead atoms. The lowest BCUT2D eigenvalue weighted by Crippen LogP contribution is -2.46. The van der Waals surface area contributed by atoms with E-state index in [0.717, 1.165) is 54.0 Å². The minimum absolute atomic E-state index is 0.00613. The average molecular weight is 505 g/mol. The van der Waals surface area contributed by atoms with Crippen LogP contribution in [0.15, 0.2) is 48.5 Å². The molecule has 6 nitrogen and oxygen atoms in total. The standard InChI is InChI=1S/C28H29FN4O2S/c1-30-20-4-3-12-33(16-20)28(35)26-15-23(19-7-10-25(31-2)24(29)14-19)27(36-26)18-5-8-21(9-6-18)32-13-11-22(34)17-32/h5-10,14-15,20,22,30,34H,3-4,11-13,16-17H2,1H3/t20-,22+/m1/s1. The van der Waals surface area contributed by atoms with E-state index in [0.29, 0.717) is 23.5 Å². The van der Waals surface area contributed by atoms with Crippen molar-refractivity contribution in [3.8, 4) is 21.6 Å². The number of hydrogen-bond donors (Lipinski definition) is 2. The summed E-state index contributed by atoms with van der Waals surface area (Å²) >= 11 is 1.42. The maximum absolute atomic E-state index is 14.5. The van der Waals surface area contributed by atoms with Crippen LogP contribution in [0.3, 0.4) is 0 Å². The van der Waals surface area contributed by atoms with E-state index < -0.39 is 5.82 Å². The highest BCUT2D eigenvalue weighted by atomic mass is 32.1. The number of halogens is 1. The highest BCUT2D eigenvalue weighted by Gasteiger charge is 2.27. The lowest BCUT2D eigenvalue weighted by molar-refractivity contribution is 0.0703. The second kappa shape index (κ2) is 10.4. The van der Waals surface area contributed by atoms with E-state index >= 15 is 0 Å². The normalized spacial score (nSPS) is 19.9. The van der Waals surface area contributed by atoms with Gasteiger partial charge >= 0.3 is 0 Å².